The molecule has 0 aliphatic heterocycles. The Morgan fingerprint density at radius 2 is 1.81 bits per heavy atom. The number of aromatic amines is 1. The van der Waals surface area contributed by atoms with E-state index in [0.717, 1.165) is 11.1 Å². The topological polar surface area (TPSA) is 76.0 Å². The lowest BCUT2D eigenvalue weighted by molar-refractivity contribution is 0.236. The van der Waals surface area contributed by atoms with E-state index in [1.54, 1.807) is 24.4 Å². The van der Waals surface area contributed by atoms with Crippen molar-refractivity contribution in [1.29, 1.82) is 0 Å². The van der Waals surface area contributed by atoms with E-state index in [9.17, 15) is 5.11 Å². The summed E-state index contributed by atoms with van der Waals surface area (Å²) in [6.07, 6.45) is 2.56. The van der Waals surface area contributed by atoms with Gasteiger partial charge in [-0.15, -0.1) is 5.10 Å². The van der Waals surface area contributed by atoms with Gasteiger partial charge in [-0.05, 0) is 23.8 Å². The maximum atomic E-state index is 10.3. The van der Waals surface area contributed by atoms with Crippen molar-refractivity contribution in [2.45, 2.75) is 6.10 Å². The number of hydrogen-bond donors (Lipinski definition) is 2. The van der Waals surface area contributed by atoms with Crippen molar-refractivity contribution in [3.05, 3.63) is 88.2 Å². The predicted molar refractivity (Wildman–Crippen MR) is 103 cm³/mol. The van der Waals surface area contributed by atoms with Gasteiger partial charge in [0.2, 0.25) is 11.8 Å². The molecular weight excluding hydrogens is 387 g/mol. The number of halogens is 2. The van der Waals surface area contributed by atoms with Gasteiger partial charge in [0.15, 0.2) is 6.10 Å². The molecule has 0 aliphatic rings. The van der Waals surface area contributed by atoms with Gasteiger partial charge in [-0.25, -0.2) is 0 Å². The van der Waals surface area contributed by atoms with Crippen LogP contribution in [0.25, 0.3) is 5.69 Å². The third kappa shape index (κ3) is 3.49. The van der Waals surface area contributed by atoms with E-state index >= 15 is 0 Å². The van der Waals surface area contributed by atoms with Crippen LogP contribution in [0.2, 0.25) is 10.0 Å². The van der Waals surface area contributed by atoms with Gasteiger partial charge in [0, 0.05) is 22.8 Å². The molecule has 0 bridgehead atoms. The monoisotopic (exact) mass is 400 g/mol. The van der Waals surface area contributed by atoms with E-state index in [1.165, 1.54) is 10.9 Å². The number of hydrogen-bond acceptors (Lipinski definition) is 4. The summed E-state index contributed by atoms with van der Waals surface area (Å²) in [5.74, 6) is 0.297. The number of aromatic nitrogens is 4. The third-order valence-corrected chi connectivity index (χ3v) is 4.55. The molecule has 0 amide bonds. The highest BCUT2D eigenvalue weighted by Gasteiger charge is 2.23. The SMILES string of the molecule is Oc1c(Cl)cnn1-c1ccccc1C(Oc1cc[nH]n1)c1ccc(Cl)cc1. The predicted octanol–water partition coefficient (Wildman–Crippen LogP) is 4.78. The average molecular weight is 401 g/mol. The molecule has 8 heteroatoms. The number of para-hydroxylation sites is 1. The molecule has 4 aromatic rings. The summed E-state index contributed by atoms with van der Waals surface area (Å²) in [6, 6.07) is 16.5. The van der Waals surface area contributed by atoms with Crippen LogP contribution in [0.15, 0.2) is 67.0 Å². The highest BCUT2D eigenvalue weighted by Crippen LogP contribution is 2.34. The molecule has 0 fully saturated rings. The van der Waals surface area contributed by atoms with Crippen LogP contribution in [0.5, 0.6) is 11.8 Å². The Labute approximate surface area is 164 Å². The molecule has 136 valence electrons. The number of rotatable bonds is 5. The molecule has 0 saturated heterocycles. The lowest BCUT2D eigenvalue weighted by Gasteiger charge is -2.21. The molecule has 6 nitrogen and oxygen atoms in total. The maximum absolute atomic E-state index is 10.3. The second kappa shape index (κ2) is 7.34. The number of H-pyrrole nitrogens is 1. The minimum absolute atomic E-state index is 0.140. The summed E-state index contributed by atoms with van der Waals surface area (Å²) in [5.41, 5.74) is 2.28. The van der Waals surface area contributed by atoms with Crippen molar-refractivity contribution in [1.82, 2.24) is 20.0 Å². The van der Waals surface area contributed by atoms with Crippen molar-refractivity contribution in [2.24, 2.45) is 0 Å². The number of nitrogens with one attached hydrogen (secondary N) is 1. The number of nitrogens with zero attached hydrogens (tertiary/aromatic N) is 3. The van der Waals surface area contributed by atoms with E-state index in [1.807, 2.05) is 36.4 Å². The van der Waals surface area contributed by atoms with Gasteiger partial charge in [-0.3, -0.25) is 5.10 Å². The summed E-state index contributed by atoms with van der Waals surface area (Å²) in [5, 5.41) is 22.0. The quantitative estimate of drug-likeness (QED) is 0.505. The zero-order chi connectivity index (χ0) is 18.8. The molecule has 0 spiro atoms. The van der Waals surface area contributed by atoms with Gasteiger partial charge in [-0.2, -0.15) is 9.78 Å². The van der Waals surface area contributed by atoms with Crippen molar-refractivity contribution in [3.8, 4) is 17.4 Å². The standard InChI is InChI=1S/C19H14Cl2N4O2/c20-13-7-5-12(6-8-13)18(27-17-9-10-22-24-17)14-3-1-2-4-16(14)25-19(26)15(21)11-23-25/h1-11,18,26H,(H,22,24). The average Bonchev–Trinajstić information content (AvgIpc) is 3.31. The molecule has 2 aromatic carbocycles. The molecule has 27 heavy (non-hydrogen) atoms. The van der Waals surface area contributed by atoms with Crippen molar-refractivity contribution in [3.63, 3.8) is 0 Å². The number of benzene rings is 2. The van der Waals surface area contributed by atoms with Crippen LogP contribution in [0.4, 0.5) is 0 Å². The molecule has 2 heterocycles. The normalized spacial score (nSPS) is 12.1. The Hall–Kier alpha value is -2.96. The minimum atomic E-state index is -0.510. The van der Waals surface area contributed by atoms with Crippen LogP contribution in [-0.4, -0.2) is 25.1 Å². The molecule has 1 atom stereocenters. The fourth-order valence-corrected chi connectivity index (χ4v) is 3.03. The number of aromatic hydroxyl groups is 1. The van der Waals surface area contributed by atoms with E-state index in [0.29, 0.717) is 16.6 Å². The smallest absolute Gasteiger partial charge is 0.233 e. The first-order valence-corrected chi connectivity index (χ1v) is 8.83. The van der Waals surface area contributed by atoms with E-state index < -0.39 is 6.10 Å². The van der Waals surface area contributed by atoms with Gasteiger partial charge in [0.05, 0.1) is 11.9 Å². The summed E-state index contributed by atoms with van der Waals surface area (Å²) in [7, 11) is 0. The Balaban J connectivity index is 1.85. The van der Waals surface area contributed by atoms with Crippen LogP contribution < -0.4 is 4.74 Å². The number of ether oxygens (including phenoxy) is 1. The summed E-state index contributed by atoms with van der Waals surface area (Å²) < 4.78 is 7.50. The van der Waals surface area contributed by atoms with Gasteiger partial charge in [0.1, 0.15) is 5.02 Å². The summed E-state index contributed by atoms with van der Waals surface area (Å²) in [4.78, 5) is 0. The minimum Gasteiger partial charge on any atom is -0.492 e. The van der Waals surface area contributed by atoms with Crippen LogP contribution in [0.1, 0.15) is 17.2 Å². The molecule has 0 radical (unpaired) electrons. The molecule has 0 aliphatic carbocycles. The van der Waals surface area contributed by atoms with Gasteiger partial charge in [-0.1, -0.05) is 53.5 Å². The Morgan fingerprint density at radius 1 is 1.04 bits per heavy atom. The molecule has 2 aromatic heterocycles. The molecular formula is C19H14Cl2N4O2. The van der Waals surface area contributed by atoms with Crippen LogP contribution in [0.3, 0.4) is 0 Å². The first-order chi connectivity index (χ1) is 13.1. The highest BCUT2D eigenvalue weighted by atomic mass is 35.5. The van der Waals surface area contributed by atoms with Crippen molar-refractivity contribution < 1.29 is 9.84 Å². The summed E-state index contributed by atoms with van der Waals surface area (Å²) in [6.45, 7) is 0. The fourth-order valence-electron chi connectivity index (χ4n) is 2.78. The second-order valence-corrected chi connectivity index (χ2v) is 6.59. The van der Waals surface area contributed by atoms with E-state index in [4.69, 9.17) is 27.9 Å². The third-order valence-electron chi connectivity index (χ3n) is 4.03. The molecule has 0 saturated carbocycles. The first-order valence-electron chi connectivity index (χ1n) is 8.07. The van der Waals surface area contributed by atoms with Crippen LogP contribution in [-0.2, 0) is 0 Å². The summed E-state index contributed by atoms with van der Waals surface area (Å²) >= 11 is 12.0. The first kappa shape index (κ1) is 17.5. The van der Waals surface area contributed by atoms with Crippen LogP contribution >= 0.6 is 23.2 Å². The zero-order valence-corrected chi connectivity index (χ0v) is 15.4. The Morgan fingerprint density at radius 3 is 2.48 bits per heavy atom. The van der Waals surface area contributed by atoms with Crippen molar-refractivity contribution in [2.75, 3.05) is 0 Å². The van der Waals surface area contributed by atoms with E-state index in [2.05, 4.69) is 15.3 Å². The Bertz CT molecular complexity index is 1050. The molecule has 2 N–H and O–H groups in total. The molecule has 1 unspecified atom stereocenters. The van der Waals surface area contributed by atoms with Gasteiger partial charge in [0.25, 0.3) is 0 Å². The molecule has 4 rings (SSSR count). The van der Waals surface area contributed by atoms with Gasteiger partial charge >= 0.3 is 0 Å². The maximum Gasteiger partial charge on any atom is 0.233 e. The highest BCUT2D eigenvalue weighted by molar-refractivity contribution is 6.31. The van der Waals surface area contributed by atoms with E-state index in [-0.39, 0.29) is 10.9 Å². The van der Waals surface area contributed by atoms with Crippen molar-refractivity contribution >= 4 is 23.2 Å². The largest absolute Gasteiger partial charge is 0.492 e. The fraction of sp³-hybridized carbons (Fsp3) is 0.0526. The van der Waals surface area contributed by atoms with Gasteiger partial charge < -0.3 is 9.84 Å². The lowest BCUT2D eigenvalue weighted by Crippen LogP contribution is -2.13. The second-order valence-electron chi connectivity index (χ2n) is 5.75. The van der Waals surface area contributed by atoms with Crippen LogP contribution in [0, 0.1) is 0 Å². The Kier molecular flexibility index (Phi) is 4.75. The zero-order valence-electron chi connectivity index (χ0n) is 13.9. The lowest BCUT2D eigenvalue weighted by atomic mass is 9.99.